The summed E-state index contributed by atoms with van der Waals surface area (Å²) in [5.74, 6) is 0. The summed E-state index contributed by atoms with van der Waals surface area (Å²) in [6, 6.07) is 6.43. The van der Waals surface area contributed by atoms with Crippen LogP contribution < -0.4 is 5.73 Å². The van der Waals surface area contributed by atoms with Gasteiger partial charge in [0, 0.05) is 4.90 Å². The number of hydrogen-bond donors (Lipinski definition) is 1. The first-order chi connectivity index (χ1) is 6.92. The van der Waals surface area contributed by atoms with Crippen LogP contribution in [0.1, 0.15) is 11.6 Å². The van der Waals surface area contributed by atoms with E-state index in [2.05, 4.69) is 0 Å². The molecule has 0 aliphatic heterocycles. The molecule has 15 heavy (non-hydrogen) atoms. The van der Waals surface area contributed by atoms with Crippen molar-refractivity contribution < 1.29 is 13.2 Å². The fourth-order valence-corrected chi connectivity index (χ4v) is 1.49. The lowest BCUT2D eigenvalue weighted by molar-refractivity contribution is -0.0328. The van der Waals surface area contributed by atoms with E-state index in [9.17, 15) is 13.2 Å². The molecule has 0 aliphatic carbocycles. The van der Waals surface area contributed by atoms with Crippen LogP contribution in [0.5, 0.6) is 0 Å². The summed E-state index contributed by atoms with van der Waals surface area (Å²) in [6.07, 6.45) is 0. The normalized spacial score (nSPS) is 13.3. The maximum atomic E-state index is 12.0. The Balaban J connectivity index is 2.78. The van der Waals surface area contributed by atoms with Crippen molar-refractivity contribution in [2.75, 3.05) is 0 Å². The highest BCUT2D eigenvalue weighted by atomic mass is 32.2. The van der Waals surface area contributed by atoms with Crippen molar-refractivity contribution in [1.29, 1.82) is 5.26 Å². The molecule has 0 fully saturated rings. The number of hydrogen-bond acceptors (Lipinski definition) is 3. The van der Waals surface area contributed by atoms with E-state index >= 15 is 0 Å². The minimum atomic E-state index is -4.29. The molecule has 0 aliphatic rings. The Bertz CT molecular complexity index is 366. The number of nitriles is 1. The molecule has 2 N–H and O–H groups in total. The Morgan fingerprint density at radius 2 is 1.80 bits per heavy atom. The van der Waals surface area contributed by atoms with E-state index in [4.69, 9.17) is 11.0 Å². The lowest BCUT2D eigenvalue weighted by atomic mass is 10.1. The molecule has 1 aromatic rings. The van der Waals surface area contributed by atoms with Gasteiger partial charge in [-0.1, -0.05) is 12.1 Å². The van der Waals surface area contributed by atoms with Crippen LogP contribution in [0.25, 0.3) is 0 Å². The summed E-state index contributed by atoms with van der Waals surface area (Å²) in [5.41, 5.74) is 1.59. The number of halogens is 3. The van der Waals surface area contributed by atoms with Gasteiger partial charge in [-0.15, -0.1) is 0 Å². The molecule has 0 radical (unpaired) electrons. The van der Waals surface area contributed by atoms with Crippen molar-refractivity contribution in [1.82, 2.24) is 0 Å². The second-order valence-electron chi connectivity index (χ2n) is 2.72. The molecule has 0 unspecified atom stereocenters. The molecule has 0 aromatic heterocycles. The first kappa shape index (κ1) is 11.9. The highest BCUT2D eigenvalue weighted by Gasteiger charge is 2.29. The fourth-order valence-electron chi connectivity index (χ4n) is 0.951. The number of rotatable bonds is 2. The summed E-state index contributed by atoms with van der Waals surface area (Å²) in [5, 5.41) is 8.48. The van der Waals surface area contributed by atoms with Crippen molar-refractivity contribution >= 4 is 11.8 Å². The smallest absolute Gasteiger partial charge is 0.312 e. The molecule has 0 bridgehead atoms. The third kappa shape index (κ3) is 3.81. The van der Waals surface area contributed by atoms with Gasteiger partial charge in [-0.3, -0.25) is 0 Å². The van der Waals surface area contributed by atoms with Crippen molar-refractivity contribution in [3.63, 3.8) is 0 Å². The number of nitrogens with two attached hydrogens (primary N) is 1. The molecule has 80 valence electrons. The van der Waals surface area contributed by atoms with E-state index in [0.29, 0.717) is 5.56 Å². The Morgan fingerprint density at radius 3 is 2.20 bits per heavy atom. The molecule has 0 amide bonds. The number of nitrogens with zero attached hydrogens (tertiary/aromatic N) is 1. The van der Waals surface area contributed by atoms with Gasteiger partial charge in [-0.2, -0.15) is 18.4 Å². The van der Waals surface area contributed by atoms with Crippen LogP contribution in [0, 0.1) is 11.3 Å². The molecule has 2 nitrogen and oxygen atoms in total. The van der Waals surface area contributed by atoms with Gasteiger partial charge in [-0.25, -0.2) is 0 Å². The summed E-state index contributed by atoms with van der Waals surface area (Å²) >= 11 is -0.195. The van der Waals surface area contributed by atoms with Crippen molar-refractivity contribution in [2.45, 2.75) is 16.4 Å². The zero-order chi connectivity index (χ0) is 11.5. The van der Waals surface area contributed by atoms with Gasteiger partial charge in [0.05, 0.1) is 6.07 Å². The van der Waals surface area contributed by atoms with Gasteiger partial charge < -0.3 is 5.73 Å². The van der Waals surface area contributed by atoms with Crippen LogP contribution in [0.3, 0.4) is 0 Å². The van der Waals surface area contributed by atoms with Crippen LogP contribution in [-0.4, -0.2) is 5.51 Å². The van der Waals surface area contributed by atoms with Crippen molar-refractivity contribution in [3.05, 3.63) is 29.8 Å². The van der Waals surface area contributed by atoms with Gasteiger partial charge >= 0.3 is 5.51 Å². The maximum Gasteiger partial charge on any atom is 0.446 e. The number of thioether (sulfide) groups is 1. The van der Waals surface area contributed by atoms with Crippen LogP contribution in [-0.2, 0) is 0 Å². The van der Waals surface area contributed by atoms with E-state index in [0.717, 1.165) is 0 Å². The Hall–Kier alpha value is -1.19. The summed E-state index contributed by atoms with van der Waals surface area (Å²) in [6.45, 7) is 0. The van der Waals surface area contributed by atoms with Crippen LogP contribution in [0.4, 0.5) is 13.2 Å². The van der Waals surface area contributed by atoms with Crippen LogP contribution in [0.2, 0.25) is 0 Å². The Labute approximate surface area is 88.9 Å². The third-order valence-corrected chi connectivity index (χ3v) is 2.35. The first-order valence-corrected chi connectivity index (χ1v) is 4.75. The topological polar surface area (TPSA) is 49.8 Å². The first-order valence-electron chi connectivity index (χ1n) is 3.93. The second-order valence-corrected chi connectivity index (χ2v) is 3.86. The average Bonchev–Trinajstić information content (AvgIpc) is 2.15. The highest BCUT2D eigenvalue weighted by molar-refractivity contribution is 8.00. The molecule has 1 rings (SSSR count). The van der Waals surface area contributed by atoms with E-state index in [1.165, 1.54) is 24.3 Å². The largest absolute Gasteiger partial charge is 0.446 e. The molecule has 0 heterocycles. The van der Waals surface area contributed by atoms with Gasteiger partial charge in [0.25, 0.3) is 0 Å². The zero-order valence-corrected chi connectivity index (χ0v) is 8.27. The summed E-state index contributed by atoms with van der Waals surface area (Å²) in [4.78, 5) is 0.0800. The minimum absolute atomic E-state index is 0.0800. The standard InChI is InChI=1S/C9H7F3N2S/c10-9(11,12)15-7-3-1-6(2-4-7)8(14)5-13/h1-4,8H,14H2/t8-/m1/s1. The summed E-state index contributed by atoms with van der Waals surface area (Å²) in [7, 11) is 0. The maximum absolute atomic E-state index is 12.0. The SMILES string of the molecule is N#C[C@@H](N)c1ccc(SC(F)(F)F)cc1. The van der Waals surface area contributed by atoms with Gasteiger partial charge in [0.15, 0.2) is 0 Å². The molecule has 6 heteroatoms. The summed E-state index contributed by atoms with van der Waals surface area (Å²) < 4.78 is 35.9. The second kappa shape index (κ2) is 4.55. The van der Waals surface area contributed by atoms with Gasteiger partial charge in [0.2, 0.25) is 0 Å². The van der Waals surface area contributed by atoms with Crippen LogP contribution in [0.15, 0.2) is 29.2 Å². The molecule has 1 aromatic carbocycles. The number of alkyl halides is 3. The molecule has 0 saturated heterocycles. The number of benzene rings is 1. The van der Waals surface area contributed by atoms with E-state index in [1.807, 2.05) is 0 Å². The quantitative estimate of drug-likeness (QED) is 0.797. The Morgan fingerprint density at radius 1 is 1.27 bits per heavy atom. The molecular weight excluding hydrogens is 225 g/mol. The molecule has 1 atom stereocenters. The predicted octanol–water partition coefficient (Wildman–Crippen LogP) is 2.82. The minimum Gasteiger partial charge on any atom is -0.312 e. The van der Waals surface area contributed by atoms with Crippen molar-refractivity contribution in [3.8, 4) is 6.07 Å². The Kier molecular flexibility index (Phi) is 3.61. The average molecular weight is 232 g/mol. The fraction of sp³-hybridized carbons (Fsp3) is 0.222. The lowest BCUT2D eigenvalue weighted by Gasteiger charge is -2.07. The predicted molar refractivity (Wildman–Crippen MR) is 50.9 cm³/mol. The van der Waals surface area contributed by atoms with Gasteiger partial charge in [0.1, 0.15) is 6.04 Å². The molecular formula is C9H7F3N2S. The monoisotopic (exact) mass is 232 g/mol. The van der Waals surface area contributed by atoms with E-state index in [1.54, 1.807) is 6.07 Å². The third-order valence-electron chi connectivity index (χ3n) is 1.61. The van der Waals surface area contributed by atoms with Crippen molar-refractivity contribution in [2.24, 2.45) is 5.73 Å². The van der Waals surface area contributed by atoms with E-state index in [-0.39, 0.29) is 16.7 Å². The van der Waals surface area contributed by atoms with Crippen LogP contribution >= 0.6 is 11.8 Å². The lowest BCUT2D eigenvalue weighted by Crippen LogP contribution is -2.06. The molecule has 0 saturated carbocycles. The van der Waals surface area contributed by atoms with Gasteiger partial charge in [-0.05, 0) is 29.5 Å². The molecule has 0 spiro atoms. The van der Waals surface area contributed by atoms with E-state index < -0.39 is 11.6 Å². The zero-order valence-electron chi connectivity index (χ0n) is 7.45. The highest BCUT2D eigenvalue weighted by Crippen LogP contribution is 2.36.